The van der Waals surface area contributed by atoms with Crippen molar-refractivity contribution in [2.75, 3.05) is 31.1 Å². The molecular weight excluding hydrogens is 318 g/mol. The molecule has 3 fully saturated rings. The maximum atomic E-state index is 12.6. The Hall–Kier alpha value is -2.12. The summed E-state index contributed by atoms with van der Waals surface area (Å²) in [6, 6.07) is 5.07. The minimum absolute atomic E-state index is 0.0915. The Balaban J connectivity index is 1.34. The zero-order chi connectivity index (χ0) is 16.8. The Morgan fingerprint density at radius 2 is 2.16 bits per heavy atom. The summed E-state index contributed by atoms with van der Waals surface area (Å²) >= 11 is 0. The standard InChI is InChI=1S/C18H23N5O2/c24-18(22-14-9-12-1-2-13(14)21-12)15-7-11-8-17(25-16(11)10-20-15)23-5-3-19-4-6-23/h7-8,10,12-14,19,21H,1-6,9H2,(H,22,24)/t12-,13+,14-/m1/s1. The summed E-state index contributed by atoms with van der Waals surface area (Å²) in [6.45, 7) is 3.77. The number of furan rings is 1. The van der Waals surface area contributed by atoms with Crippen molar-refractivity contribution in [2.24, 2.45) is 0 Å². The van der Waals surface area contributed by atoms with Gasteiger partial charge in [0.15, 0.2) is 11.5 Å². The van der Waals surface area contributed by atoms with E-state index in [1.165, 1.54) is 6.42 Å². The first-order valence-corrected chi connectivity index (χ1v) is 9.18. The van der Waals surface area contributed by atoms with Crippen LogP contribution in [0.3, 0.4) is 0 Å². The molecule has 2 aromatic heterocycles. The van der Waals surface area contributed by atoms with E-state index in [1.54, 1.807) is 6.20 Å². The van der Waals surface area contributed by atoms with E-state index in [2.05, 4.69) is 25.8 Å². The minimum Gasteiger partial charge on any atom is -0.439 e. The lowest BCUT2D eigenvalue weighted by molar-refractivity contribution is 0.0926. The molecule has 3 atom stereocenters. The molecule has 3 saturated heterocycles. The number of aromatic nitrogens is 1. The Morgan fingerprint density at radius 1 is 1.28 bits per heavy atom. The number of fused-ring (bicyclic) bond motifs is 3. The van der Waals surface area contributed by atoms with Gasteiger partial charge in [0.1, 0.15) is 5.69 Å². The molecule has 0 radical (unpaired) electrons. The predicted octanol–water partition coefficient (Wildman–Crippen LogP) is 0.860. The number of piperazine rings is 1. The summed E-state index contributed by atoms with van der Waals surface area (Å²) in [5.74, 6) is 0.763. The van der Waals surface area contributed by atoms with Crippen LogP contribution in [0.15, 0.2) is 22.7 Å². The number of nitrogens with one attached hydrogen (secondary N) is 3. The van der Waals surface area contributed by atoms with Crippen molar-refractivity contribution in [3.63, 3.8) is 0 Å². The molecule has 3 N–H and O–H groups in total. The number of amides is 1. The summed E-state index contributed by atoms with van der Waals surface area (Å²) < 4.78 is 5.91. The molecule has 7 heteroatoms. The van der Waals surface area contributed by atoms with E-state index < -0.39 is 0 Å². The fraction of sp³-hybridized carbons (Fsp3) is 0.556. The average molecular weight is 341 g/mol. The van der Waals surface area contributed by atoms with E-state index >= 15 is 0 Å². The molecule has 0 saturated carbocycles. The lowest BCUT2D eigenvalue weighted by atomic mass is 9.95. The monoisotopic (exact) mass is 341 g/mol. The highest BCUT2D eigenvalue weighted by molar-refractivity contribution is 5.96. The molecule has 3 aliphatic heterocycles. The second kappa shape index (κ2) is 6.00. The van der Waals surface area contributed by atoms with Gasteiger partial charge in [-0.3, -0.25) is 4.79 Å². The first-order chi connectivity index (χ1) is 12.3. The molecule has 25 heavy (non-hydrogen) atoms. The third-order valence-electron chi connectivity index (χ3n) is 5.67. The van der Waals surface area contributed by atoms with Crippen molar-refractivity contribution in [1.82, 2.24) is 20.9 Å². The van der Waals surface area contributed by atoms with Gasteiger partial charge in [-0.25, -0.2) is 4.98 Å². The van der Waals surface area contributed by atoms with Crippen molar-refractivity contribution < 1.29 is 9.21 Å². The molecular formula is C18H23N5O2. The minimum atomic E-state index is -0.0915. The highest BCUT2D eigenvalue weighted by atomic mass is 16.4. The molecule has 0 aromatic carbocycles. The fourth-order valence-corrected chi connectivity index (χ4v) is 4.32. The van der Waals surface area contributed by atoms with Gasteiger partial charge in [-0.2, -0.15) is 0 Å². The average Bonchev–Trinajstić information content (AvgIpc) is 3.36. The highest BCUT2D eigenvalue weighted by Gasteiger charge is 2.39. The van der Waals surface area contributed by atoms with E-state index in [0.717, 1.165) is 55.9 Å². The molecule has 2 bridgehead atoms. The Bertz CT molecular complexity index is 798. The largest absolute Gasteiger partial charge is 0.439 e. The summed E-state index contributed by atoms with van der Waals surface area (Å²) in [5, 5.41) is 11.0. The SMILES string of the molecule is O=C(N[C@@H]1C[C@H]2CC[C@@H]1N2)c1cc2cc(N3CCNCC3)oc2cn1. The van der Waals surface area contributed by atoms with E-state index in [1.807, 2.05) is 12.1 Å². The van der Waals surface area contributed by atoms with Crippen LogP contribution in [-0.4, -0.2) is 55.2 Å². The number of rotatable bonds is 3. The zero-order valence-electron chi connectivity index (χ0n) is 14.1. The van der Waals surface area contributed by atoms with Crippen molar-refractivity contribution in [3.8, 4) is 0 Å². The van der Waals surface area contributed by atoms with Crippen LogP contribution in [0.2, 0.25) is 0 Å². The maximum absolute atomic E-state index is 12.6. The molecule has 5 heterocycles. The topological polar surface area (TPSA) is 82.4 Å². The van der Waals surface area contributed by atoms with Gasteiger partial charge in [0.25, 0.3) is 5.91 Å². The number of hydrogen-bond donors (Lipinski definition) is 3. The fourth-order valence-electron chi connectivity index (χ4n) is 4.32. The van der Waals surface area contributed by atoms with E-state index in [0.29, 0.717) is 17.8 Å². The number of hydrogen-bond acceptors (Lipinski definition) is 6. The number of nitrogens with zero attached hydrogens (tertiary/aromatic N) is 2. The number of pyridine rings is 1. The lowest BCUT2D eigenvalue weighted by Gasteiger charge is -2.26. The molecule has 3 aliphatic rings. The van der Waals surface area contributed by atoms with Gasteiger partial charge >= 0.3 is 0 Å². The Kier molecular flexibility index (Phi) is 3.64. The zero-order valence-corrected chi connectivity index (χ0v) is 14.1. The van der Waals surface area contributed by atoms with Crippen molar-refractivity contribution in [3.05, 3.63) is 24.0 Å². The number of carbonyl (C=O) groups excluding carboxylic acids is 1. The molecule has 0 aliphatic carbocycles. The molecule has 5 rings (SSSR count). The normalized spacial score (nSPS) is 28.6. The van der Waals surface area contributed by atoms with Crippen molar-refractivity contribution in [1.29, 1.82) is 0 Å². The third kappa shape index (κ3) is 2.77. The Morgan fingerprint density at radius 3 is 2.92 bits per heavy atom. The maximum Gasteiger partial charge on any atom is 0.270 e. The van der Waals surface area contributed by atoms with Gasteiger partial charge < -0.3 is 25.3 Å². The second-order valence-corrected chi connectivity index (χ2v) is 7.29. The predicted molar refractivity (Wildman–Crippen MR) is 94.9 cm³/mol. The first kappa shape index (κ1) is 15.2. The quantitative estimate of drug-likeness (QED) is 0.768. The van der Waals surface area contributed by atoms with Gasteiger partial charge in [0.2, 0.25) is 0 Å². The van der Waals surface area contributed by atoms with Gasteiger partial charge in [0, 0.05) is 55.8 Å². The van der Waals surface area contributed by atoms with Crippen LogP contribution in [0.25, 0.3) is 11.0 Å². The number of carbonyl (C=O) groups is 1. The summed E-state index contributed by atoms with van der Waals surface area (Å²) in [7, 11) is 0. The van der Waals surface area contributed by atoms with Gasteiger partial charge in [0.05, 0.1) is 6.20 Å². The second-order valence-electron chi connectivity index (χ2n) is 7.29. The summed E-state index contributed by atoms with van der Waals surface area (Å²) in [5.41, 5.74) is 1.19. The molecule has 7 nitrogen and oxygen atoms in total. The third-order valence-corrected chi connectivity index (χ3v) is 5.67. The Labute approximate surface area is 146 Å². The van der Waals surface area contributed by atoms with Crippen LogP contribution in [0.4, 0.5) is 5.88 Å². The molecule has 132 valence electrons. The first-order valence-electron chi connectivity index (χ1n) is 9.18. The van der Waals surface area contributed by atoms with Crippen LogP contribution in [-0.2, 0) is 0 Å². The van der Waals surface area contributed by atoms with Crippen LogP contribution in [0.5, 0.6) is 0 Å². The van der Waals surface area contributed by atoms with E-state index in [4.69, 9.17) is 4.42 Å². The van der Waals surface area contributed by atoms with Gasteiger partial charge in [-0.05, 0) is 25.3 Å². The van der Waals surface area contributed by atoms with E-state index in [-0.39, 0.29) is 11.9 Å². The summed E-state index contributed by atoms with van der Waals surface area (Å²) in [6.07, 6.45) is 5.06. The van der Waals surface area contributed by atoms with Crippen LogP contribution in [0.1, 0.15) is 29.8 Å². The van der Waals surface area contributed by atoms with Crippen molar-refractivity contribution in [2.45, 2.75) is 37.4 Å². The molecule has 1 amide bonds. The smallest absolute Gasteiger partial charge is 0.270 e. The van der Waals surface area contributed by atoms with Crippen molar-refractivity contribution >= 4 is 22.8 Å². The van der Waals surface area contributed by atoms with Gasteiger partial charge in [-0.1, -0.05) is 0 Å². The molecule has 0 spiro atoms. The van der Waals surface area contributed by atoms with Crippen LogP contribution < -0.4 is 20.9 Å². The summed E-state index contributed by atoms with van der Waals surface area (Å²) in [4.78, 5) is 19.1. The molecule has 2 aromatic rings. The molecule has 0 unspecified atom stereocenters. The van der Waals surface area contributed by atoms with Crippen LogP contribution in [0, 0.1) is 0 Å². The highest BCUT2D eigenvalue weighted by Crippen LogP contribution is 2.29. The van der Waals surface area contributed by atoms with E-state index in [9.17, 15) is 4.79 Å². The lowest BCUT2D eigenvalue weighted by Crippen LogP contribution is -2.43. The van der Waals surface area contributed by atoms with Crippen LogP contribution >= 0.6 is 0 Å². The number of anilines is 1. The van der Waals surface area contributed by atoms with Gasteiger partial charge in [-0.15, -0.1) is 0 Å².